The number of allylic oxidation sites excluding steroid dienone is 2. The molecule has 0 unspecified atom stereocenters. The summed E-state index contributed by atoms with van der Waals surface area (Å²) in [6, 6.07) is 3.55. The van der Waals surface area contributed by atoms with E-state index in [4.69, 9.17) is 4.74 Å². The van der Waals surface area contributed by atoms with Crippen LogP contribution >= 0.6 is 22.6 Å². The lowest BCUT2D eigenvalue weighted by atomic mass is 9.68. The first kappa shape index (κ1) is 27.2. The van der Waals surface area contributed by atoms with Crippen molar-refractivity contribution in [1.82, 2.24) is 4.90 Å². The number of methoxy groups -OCH3 is 2. The van der Waals surface area contributed by atoms with Crippen molar-refractivity contribution in [3.8, 4) is 11.5 Å². The summed E-state index contributed by atoms with van der Waals surface area (Å²) in [5.74, 6) is -3.31. The summed E-state index contributed by atoms with van der Waals surface area (Å²) in [7, 11) is 2.58. The summed E-state index contributed by atoms with van der Waals surface area (Å²) in [6.45, 7) is 3.27. The first-order chi connectivity index (χ1) is 16.5. The second kappa shape index (κ2) is 11.1. The summed E-state index contributed by atoms with van der Waals surface area (Å²) in [5, 5.41) is 31.2. The normalized spacial score (nSPS) is 23.5. The smallest absolute Gasteiger partial charge is 0.423 e. The van der Waals surface area contributed by atoms with Gasteiger partial charge in [-0.3, -0.25) is 9.59 Å². The Morgan fingerprint density at radius 3 is 2.57 bits per heavy atom. The Balaban J connectivity index is 1.78. The van der Waals surface area contributed by atoms with Gasteiger partial charge in [-0.1, -0.05) is 17.2 Å². The predicted molar refractivity (Wildman–Crippen MR) is 135 cm³/mol. The van der Waals surface area contributed by atoms with Gasteiger partial charge in [0.25, 0.3) is 0 Å². The third-order valence-electron chi connectivity index (χ3n) is 6.74. The monoisotopic (exact) mass is 599 g/mol. The molecular weight excluding hydrogens is 569 g/mol. The minimum atomic E-state index is -1.04. The predicted octanol–water partition coefficient (Wildman–Crippen LogP) is 3.25. The Bertz CT molecular complexity index is 1100. The van der Waals surface area contributed by atoms with Gasteiger partial charge >= 0.3 is 6.09 Å². The molecule has 3 amide bonds. The van der Waals surface area contributed by atoms with Gasteiger partial charge in [0.2, 0.25) is 11.8 Å². The number of aliphatic hydroxyl groups is 2. The first-order valence-corrected chi connectivity index (χ1v) is 12.3. The number of imide groups is 3. The molecule has 3 N–H and O–H groups in total. The van der Waals surface area contributed by atoms with Crippen molar-refractivity contribution in [2.75, 3.05) is 20.8 Å². The van der Waals surface area contributed by atoms with E-state index in [-0.39, 0.29) is 12.2 Å². The zero-order chi connectivity index (χ0) is 26.0. The molecule has 0 aromatic heterocycles. The number of hydrogen-bond acceptors (Lipinski definition) is 8. The number of carbonyl (C=O) groups is 3. The zero-order valence-electron chi connectivity index (χ0n) is 20.1. The molecule has 4 atom stereocenters. The molecule has 2 aliphatic rings. The molecule has 1 aliphatic heterocycles. The number of phenolic OH excluding ortho intramolecular Hbond substituents is 1. The molecule has 9 nitrogen and oxygen atoms in total. The molecule has 1 heterocycles. The topological polar surface area (TPSA) is 134 Å². The molecule has 1 aliphatic carbocycles. The van der Waals surface area contributed by atoms with Gasteiger partial charge in [-0.2, -0.15) is 4.90 Å². The SMILES string of the molecule is COC(=O)N1C(=O)[C@@H]2[C@@H](CC(C)=C([C@H](O)CC/C(C)=C/c3cc(I)c(O)c(OC)c3)[C@@H]2CO)C1=O. The maximum atomic E-state index is 12.9. The maximum absolute atomic E-state index is 12.9. The van der Waals surface area contributed by atoms with Gasteiger partial charge in [0, 0.05) is 5.92 Å². The van der Waals surface area contributed by atoms with Crippen molar-refractivity contribution in [3.05, 3.63) is 38.0 Å². The van der Waals surface area contributed by atoms with Crippen molar-refractivity contribution in [1.29, 1.82) is 0 Å². The summed E-state index contributed by atoms with van der Waals surface area (Å²) in [5.41, 5.74) is 3.11. The van der Waals surface area contributed by atoms with Crippen LogP contribution in [-0.4, -0.2) is 65.1 Å². The van der Waals surface area contributed by atoms with Crippen molar-refractivity contribution in [2.24, 2.45) is 17.8 Å². The summed E-state index contributed by atoms with van der Waals surface area (Å²) in [4.78, 5) is 38.1. The van der Waals surface area contributed by atoms with Crippen LogP contribution in [0.5, 0.6) is 11.5 Å². The number of benzene rings is 1. The lowest BCUT2D eigenvalue weighted by Crippen LogP contribution is -2.39. The van der Waals surface area contributed by atoms with Crippen molar-refractivity contribution in [3.63, 3.8) is 0 Å². The molecule has 1 saturated heterocycles. The third-order valence-corrected chi connectivity index (χ3v) is 7.56. The Labute approximate surface area is 217 Å². The quantitative estimate of drug-likeness (QED) is 0.247. The number of carbonyl (C=O) groups excluding carboxylic acids is 3. The van der Waals surface area contributed by atoms with E-state index in [0.717, 1.165) is 23.8 Å². The molecule has 0 radical (unpaired) electrons. The number of fused-ring (bicyclic) bond motifs is 1. The first-order valence-electron chi connectivity index (χ1n) is 11.2. The lowest BCUT2D eigenvalue weighted by molar-refractivity contribution is -0.137. The fourth-order valence-corrected chi connectivity index (χ4v) is 5.72. The van der Waals surface area contributed by atoms with E-state index in [1.165, 1.54) is 7.11 Å². The second-order valence-electron chi connectivity index (χ2n) is 8.94. The second-order valence-corrected chi connectivity index (χ2v) is 10.1. The number of amides is 3. The molecule has 0 saturated carbocycles. The number of ether oxygens (including phenoxy) is 2. The molecule has 0 bridgehead atoms. The lowest BCUT2D eigenvalue weighted by Gasteiger charge is -2.35. The molecule has 1 fully saturated rings. The highest BCUT2D eigenvalue weighted by Crippen LogP contribution is 2.46. The number of halogens is 1. The van der Waals surface area contributed by atoms with Crippen LogP contribution in [0.15, 0.2) is 28.9 Å². The fourth-order valence-electron chi connectivity index (χ4n) is 5.10. The average molecular weight is 599 g/mol. The number of likely N-dealkylation sites (tertiary alicyclic amines) is 1. The van der Waals surface area contributed by atoms with Crippen LogP contribution in [0.25, 0.3) is 6.08 Å². The standard InChI is InChI=1S/C25H30INO8/c1-12(7-14-9-17(26)22(30)19(10-14)34-3)5-6-18(29)20-13(2)8-15-21(16(20)11-28)24(32)27(23(15)31)25(33)35-4/h7,9-10,15-16,18,21,28-30H,5-6,8,11H2,1-4H3/b12-7+/t15-,16+,18-,21-/m1/s1. The van der Waals surface area contributed by atoms with E-state index in [2.05, 4.69) is 4.74 Å². The minimum absolute atomic E-state index is 0.0806. The highest BCUT2D eigenvalue weighted by molar-refractivity contribution is 14.1. The number of nitrogens with zero attached hydrogens (tertiary/aromatic N) is 1. The van der Waals surface area contributed by atoms with E-state index in [0.29, 0.717) is 32.6 Å². The van der Waals surface area contributed by atoms with Crippen molar-refractivity contribution < 1.29 is 39.2 Å². The molecular formula is C25H30INO8. The molecule has 0 spiro atoms. The molecule has 1 aromatic rings. The van der Waals surface area contributed by atoms with E-state index in [1.807, 2.05) is 41.7 Å². The molecule has 1 aromatic carbocycles. The number of aromatic hydroxyl groups is 1. The fraction of sp³-hybridized carbons (Fsp3) is 0.480. The Morgan fingerprint density at radius 2 is 1.97 bits per heavy atom. The molecule has 10 heteroatoms. The van der Waals surface area contributed by atoms with E-state index >= 15 is 0 Å². The van der Waals surface area contributed by atoms with Gasteiger partial charge in [-0.15, -0.1) is 0 Å². The van der Waals surface area contributed by atoms with E-state index in [9.17, 15) is 29.7 Å². The van der Waals surface area contributed by atoms with Crippen molar-refractivity contribution >= 4 is 46.6 Å². The maximum Gasteiger partial charge on any atom is 0.423 e. The summed E-state index contributed by atoms with van der Waals surface area (Å²) >= 11 is 2.03. The average Bonchev–Trinajstić information content (AvgIpc) is 3.07. The Morgan fingerprint density at radius 1 is 1.29 bits per heavy atom. The van der Waals surface area contributed by atoms with Gasteiger partial charge in [0.1, 0.15) is 0 Å². The summed E-state index contributed by atoms with van der Waals surface area (Å²) < 4.78 is 10.4. The van der Waals surface area contributed by atoms with Gasteiger partial charge in [0.15, 0.2) is 11.5 Å². The summed E-state index contributed by atoms with van der Waals surface area (Å²) in [6.07, 6.45) is 1.08. The van der Waals surface area contributed by atoms with Crippen LogP contribution in [0.2, 0.25) is 0 Å². The number of hydrogen-bond donors (Lipinski definition) is 3. The van der Waals surface area contributed by atoms with Crippen LogP contribution in [-0.2, 0) is 14.3 Å². The van der Waals surface area contributed by atoms with Crippen LogP contribution < -0.4 is 4.74 Å². The Hall–Kier alpha value is -2.44. The molecule has 35 heavy (non-hydrogen) atoms. The van der Waals surface area contributed by atoms with Gasteiger partial charge in [0.05, 0.1) is 42.3 Å². The van der Waals surface area contributed by atoms with Crippen molar-refractivity contribution in [2.45, 2.75) is 39.2 Å². The van der Waals surface area contributed by atoms with E-state index in [1.54, 1.807) is 13.0 Å². The number of rotatable bonds is 7. The van der Waals surface area contributed by atoms with Gasteiger partial charge in [-0.25, -0.2) is 4.79 Å². The minimum Gasteiger partial charge on any atom is -0.504 e. The van der Waals surface area contributed by atoms with Crippen LogP contribution in [0.3, 0.4) is 0 Å². The number of aliphatic hydroxyl groups excluding tert-OH is 2. The zero-order valence-corrected chi connectivity index (χ0v) is 22.2. The third kappa shape index (κ3) is 5.24. The van der Waals surface area contributed by atoms with E-state index < -0.39 is 48.4 Å². The molecule has 190 valence electrons. The highest BCUT2D eigenvalue weighted by atomic mass is 127. The Kier molecular flexibility index (Phi) is 8.60. The largest absolute Gasteiger partial charge is 0.504 e. The van der Waals surface area contributed by atoms with Crippen LogP contribution in [0.4, 0.5) is 4.79 Å². The van der Waals surface area contributed by atoms with Gasteiger partial charge < -0.3 is 24.8 Å². The molecule has 3 rings (SSSR count). The highest BCUT2D eigenvalue weighted by Gasteiger charge is 2.56. The van der Waals surface area contributed by atoms with Crippen LogP contribution in [0, 0.1) is 21.3 Å². The van der Waals surface area contributed by atoms with Gasteiger partial charge in [-0.05, 0) is 79.0 Å². The number of phenols is 1. The van der Waals surface area contributed by atoms with Crippen LogP contribution in [0.1, 0.15) is 38.7 Å².